The van der Waals surface area contributed by atoms with Gasteiger partial charge in [0.25, 0.3) is 11.5 Å². The van der Waals surface area contributed by atoms with Crippen LogP contribution in [0.25, 0.3) is 21.1 Å². The van der Waals surface area contributed by atoms with Gasteiger partial charge in [-0.1, -0.05) is 11.6 Å². The molecule has 0 fully saturated rings. The van der Waals surface area contributed by atoms with E-state index in [2.05, 4.69) is 15.4 Å². The Hall–Kier alpha value is -2.91. The molecule has 0 spiro atoms. The van der Waals surface area contributed by atoms with E-state index >= 15 is 0 Å². The fourth-order valence-electron chi connectivity index (χ4n) is 2.47. The molecular formula is C15H8ClFN4O3S. The number of nitrogens with one attached hydrogen (secondary N) is 3. The fourth-order valence-corrected chi connectivity index (χ4v) is 3.59. The Morgan fingerprint density at radius 2 is 2.00 bits per heavy atom. The molecule has 1 amide bonds. The molecule has 4 rings (SSSR count). The number of fused-ring (bicyclic) bond motifs is 2. The molecule has 0 atom stereocenters. The maximum atomic E-state index is 13.2. The molecule has 1 aromatic carbocycles. The summed E-state index contributed by atoms with van der Waals surface area (Å²) >= 11 is 7.14. The van der Waals surface area contributed by atoms with Crippen LogP contribution in [0.2, 0.25) is 4.34 Å². The van der Waals surface area contributed by atoms with Gasteiger partial charge in [-0.25, -0.2) is 9.18 Å². The summed E-state index contributed by atoms with van der Waals surface area (Å²) in [5.41, 5.74) is 0.814. The molecule has 0 radical (unpaired) electrons. The van der Waals surface area contributed by atoms with E-state index in [0.717, 1.165) is 17.5 Å². The van der Waals surface area contributed by atoms with Crippen LogP contribution in [0.3, 0.4) is 0 Å². The van der Waals surface area contributed by atoms with Gasteiger partial charge in [-0.2, -0.15) is 4.68 Å². The normalized spacial score (nSPS) is 11.3. The molecule has 3 N–H and O–H groups in total. The Morgan fingerprint density at radius 3 is 2.76 bits per heavy atom. The standard InChI is InChI=1S/C15H8ClFN4O3S/c16-11-4-6-3-10(18-13(6)25-11)12(22)20-21-14(23)8-2-1-7(17)5-9(8)19-15(21)24/h1-5,18H,(H,19,24)(H,20,22). The maximum absolute atomic E-state index is 13.2. The van der Waals surface area contributed by atoms with Crippen molar-refractivity contribution in [2.75, 3.05) is 5.43 Å². The third-order valence-electron chi connectivity index (χ3n) is 3.60. The number of hydrogen-bond acceptors (Lipinski definition) is 4. The monoisotopic (exact) mass is 378 g/mol. The topological polar surface area (TPSA) is 99.8 Å². The summed E-state index contributed by atoms with van der Waals surface area (Å²) in [5.74, 6) is -1.26. The molecule has 7 nitrogen and oxygen atoms in total. The Balaban J connectivity index is 1.75. The number of benzene rings is 1. The lowest BCUT2D eigenvalue weighted by atomic mass is 10.2. The van der Waals surface area contributed by atoms with E-state index in [4.69, 9.17) is 11.6 Å². The Kier molecular flexibility index (Phi) is 3.48. The molecule has 3 aromatic heterocycles. The van der Waals surface area contributed by atoms with Gasteiger partial charge >= 0.3 is 5.69 Å². The minimum atomic E-state index is -0.882. The van der Waals surface area contributed by atoms with Crippen LogP contribution in [0.5, 0.6) is 0 Å². The van der Waals surface area contributed by atoms with Crippen molar-refractivity contribution in [3.8, 4) is 0 Å². The molecule has 4 aromatic rings. The molecule has 0 aliphatic heterocycles. The molecular weight excluding hydrogens is 371 g/mol. The van der Waals surface area contributed by atoms with E-state index in [1.807, 2.05) is 0 Å². The highest BCUT2D eigenvalue weighted by atomic mass is 35.5. The number of carbonyl (C=O) groups excluding carboxylic acids is 1. The minimum absolute atomic E-state index is 0.0514. The zero-order chi connectivity index (χ0) is 17.7. The van der Waals surface area contributed by atoms with Crippen molar-refractivity contribution in [2.45, 2.75) is 0 Å². The molecule has 0 aliphatic rings. The average Bonchev–Trinajstić information content (AvgIpc) is 3.08. The van der Waals surface area contributed by atoms with E-state index < -0.39 is 23.0 Å². The van der Waals surface area contributed by atoms with Crippen LogP contribution in [0, 0.1) is 5.82 Å². The first-order chi connectivity index (χ1) is 11.9. The van der Waals surface area contributed by atoms with Crippen molar-refractivity contribution in [3.63, 3.8) is 0 Å². The number of aromatic nitrogens is 3. The van der Waals surface area contributed by atoms with E-state index in [-0.39, 0.29) is 16.6 Å². The summed E-state index contributed by atoms with van der Waals surface area (Å²) in [6.07, 6.45) is 0. The second-order valence-corrected chi connectivity index (χ2v) is 6.90. The fraction of sp³-hybridized carbons (Fsp3) is 0. The van der Waals surface area contributed by atoms with Crippen LogP contribution >= 0.6 is 22.9 Å². The molecule has 0 bridgehead atoms. The van der Waals surface area contributed by atoms with Crippen LogP contribution in [-0.2, 0) is 0 Å². The van der Waals surface area contributed by atoms with Crippen LogP contribution in [0.15, 0.2) is 39.9 Å². The second kappa shape index (κ2) is 5.57. The lowest BCUT2D eigenvalue weighted by molar-refractivity contribution is 0.100. The van der Waals surface area contributed by atoms with Gasteiger partial charge in [0.2, 0.25) is 0 Å². The minimum Gasteiger partial charge on any atom is -0.342 e. The number of nitrogens with zero attached hydrogens (tertiary/aromatic N) is 1. The highest BCUT2D eigenvalue weighted by Gasteiger charge is 2.15. The first-order valence-electron chi connectivity index (χ1n) is 6.96. The number of thiophene rings is 1. The van der Waals surface area contributed by atoms with Crippen molar-refractivity contribution >= 4 is 50.0 Å². The van der Waals surface area contributed by atoms with Gasteiger partial charge < -0.3 is 9.97 Å². The van der Waals surface area contributed by atoms with Gasteiger partial charge in [0.1, 0.15) is 16.3 Å². The van der Waals surface area contributed by atoms with Crippen LogP contribution in [0.4, 0.5) is 4.39 Å². The summed E-state index contributed by atoms with van der Waals surface area (Å²) in [7, 11) is 0. The molecule has 10 heteroatoms. The Labute approximate surface area is 146 Å². The quantitative estimate of drug-likeness (QED) is 0.499. The van der Waals surface area contributed by atoms with E-state index in [0.29, 0.717) is 13.8 Å². The number of halogens is 2. The van der Waals surface area contributed by atoms with Gasteiger partial charge in [-0.15, -0.1) is 11.3 Å². The van der Waals surface area contributed by atoms with Crippen molar-refractivity contribution in [3.05, 3.63) is 67.0 Å². The largest absolute Gasteiger partial charge is 0.348 e. The third-order valence-corrected chi connectivity index (χ3v) is 4.79. The van der Waals surface area contributed by atoms with Crippen LogP contribution < -0.4 is 16.7 Å². The zero-order valence-electron chi connectivity index (χ0n) is 12.2. The SMILES string of the molecule is O=C(Nn1c(=O)[nH]c2cc(F)ccc2c1=O)c1cc2cc(Cl)sc2[nH]1. The first-order valence-corrected chi connectivity index (χ1v) is 8.16. The Bertz CT molecular complexity index is 1240. The van der Waals surface area contributed by atoms with Crippen LogP contribution in [-0.4, -0.2) is 20.6 Å². The lowest BCUT2D eigenvalue weighted by Gasteiger charge is -2.07. The first kappa shape index (κ1) is 15.6. The third kappa shape index (κ3) is 2.63. The highest BCUT2D eigenvalue weighted by molar-refractivity contribution is 7.22. The molecule has 3 heterocycles. The second-order valence-electron chi connectivity index (χ2n) is 5.22. The highest BCUT2D eigenvalue weighted by Crippen LogP contribution is 2.29. The zero-order valence-corrected chi connectivity index (χ0v) is 13.8. The molecule has 0 saturated carbocycles. The van der Waals surface area contributed by atoms with Gasteiger partial charge in [-0.3, -0.25) is 15.0 Å². The summed E-state index contributed by atoms with van der Waals surface area (Å²) in [4.78, 5) is 42.7. The van der Waals surface area contributed by atoms with Gasteiger partial charge in [0.15, 0.2) is 0 Å². The molecule has 126 valence electrons. The molecule has 0 aliphatic carbocycles. The van der Waals surface area contributed by atoms with Crippen molar-refractivity contribution < 1.29 is 9.18 Å². The van der Waals surface area contributed by atoms with Crippen molar-refractivity contribution in [1.29, 1.82) is 0 Å². The summed E-state index contributed by atoms with van der Waals surface area (Å²) < 4.78 is 14.3. The van der Waals surface area contributed by atoms with Gasteiger partial charge in [-0.05, 0) is 30.3 Å². The van der Waals surface area contributed by atoms with Crippen LogP contribution in [0.1, 0.15) is 10.5 Å². The smallest absolute Gasteiger partial charge is 0.342 e. The number of rotatable bonds is 2. The molecule has 0 saturated heterocycles. The van der Waals surface area contributed by atoms with Crippen molar-refractivity contribution in [2.24, 2.45) is 0 Å². The predicted molar refractivity (Wildman–Crippen MR) is 93.7 cm³/mol. The summed E-state index contributed by atoms with van der Waals surface area (Å²) in [5, 5.41) is 0.816. The number of H-pyrrole nitrogens is 2. The van der Waals surface area contributed by atoms with E-state index in [1.54, 1.807) is 12.1 Å². The van der Waals surface area contributed by atoms with E-state index in [1.165, 1.54) is 17.4 Å². The number of aromatic amines is 2. The number of hydrogen-bond donors (Lipinski definition) is 3. The molecule has 0 unspecified atom stereocenters. The predicted octanol–water partition coefficient (Wildman–Crippen LogP) is 2.41. The maximum Gasteiger partial charge on any atom is 0.348 e. The number of carbonyl (C=O) groups is 1. The van der Waals surface area contributed by atoms with Gasteiger partial charge in [0.05, 0.1) is 15.2 Å². The van der Waals surface area contributed by atoms with Gasteiger partial charge in [0, 0.05) is 5.39 Å². The molecule has 25 heavy (non-hydrogen) atoms. The Morgan fingerprint density at radius 1 is 1.20 bits per heavy atom. The van der Waals surface area contributed by atoms with Crippen molar-refractivity contribution in [1.82, 2.24) is 14.6 Å². The summed E-state index contributed by atoms with van der Waals surface area (Å²) in [6, 6.07) is 6.61. The average molecular weight is 379 g/mol. The summed E-state index contributed by atoms with van der Waals surface area (Å²) in [6.45, 7) is 0. The van der Waals surface area contributed by atoms with E-state index in [9.17, 15) is 18.8 Å². The number of amides is 1. The lowest BCUT2D eigenvalue weighted by Crippen LogP contribution is -2.43.